The lowest BCUT2D eigenvalue weighted by Gasteiger charge is -2.33. The molecule has 196 valence electrons. The van der Waals surface area contributed by atoms with Crippen LogP contribution < -0.4 is 4.90 Å². The molecule has 0 radical (unpaired) electrons. The molecule has 2 fully saturated rings. The number of anilines is 1. The van der Waals surface area contributed by atoms with Gasteiger partial charge in [-0.2, -0.15) is 9.61 Å². The fourth-order valence-electron chi connectivity index (χ4n) is 5.69. The second-order valence-corrected chi connectivity index (χ2v) is 11.0. The maximum atomic E-state index is 13.4. The average Bonchev–Trinajstić information content (AvgIpc) is 3.20. The Kier molecular flexibility index (Phi) is 7.12. The van der Waals surface area contributed by atoms with E-state index in [1.165, 1.54) is 5.56 Å². The minimum atomic E-state index is -0.147. The van der Waals surface area contributed by atoms with Crippen LogP contribution in [-0.4, -0.2) is 57.6 Å². The number of esters is 1. The second-order valence-electron chi connectivity index (χ2n) is 10.6. The van der Waals surface area contributed by atoms with Gasteiger partial charge >= 0.3 is 5.97 Å². The van der Waals surface area contributed by atoms with Gasteiger partial charge in [0.2, 0.25) is 0 Å². The Morgan fingerprint density at radius 2 is 1.84 bits per heavy atom. The predicted octanol–water partition coefficient (Wildman–Crippen LogP) is 4.88. The molecule has 1 saturated carbocycles. The number of benzene rings is 1. The number of aromatic nitrogens is 3. The van der Waals surface area contributed by atoms with Gasteiger partial charge in [0.1, 0.15) is 11.0 Å². The van der Waals surface area contributed by atoms with Gasteiger partial charge in [0.25, 0.3) is 5.91 Å². The number of carbonyl (C=O) groups excluding carboxylic acids is 2. The summed E-state index contributed by atoms with van der Waals surface area (Å²) < 4.78 is 6.83. The molecule has 3 heterocycles. The highest BCUT2D eigenvalue weighted by molar-refractivity contribution is 6.29. The van der Waals surface area contributed by atoms with E-state index in [-0.39, 0.29) is 17.9 Å². The van der Waals surface area contributed by atoms with Crippen molar-refractivity contribution in [3.8, 4) is 0 Å². The molecular weight excluding hydrogens is 490 g/mol. The summed E-state index contributed by atoms with van der Waals surface area (Å²) in [5.41, 5.74) is 2.09. The van der Waals surface area contributed by atoms with Gasteiger partial charge in [-0.3, -0.25) is 9.59 Å². The molecule has 2 aromatic heterocycles. The fourth-order valence-corrected chi connectivity index (χ4v) is 5.87. The third kappa shape index (κ3) is 5.17. The van der Waals surface area contributed by atoms with E-state index < -0.39 is 0 Å². The molecule has 9 heteroatoms. The first-order valence-electron chi connectivity index (χ1n) is 13.1. The van der Waals surface area contributed by atoms with E-state index in [1.807, 2.05) is 36.1 Å². The van der Waals surface area contributed by atoms with Crippen molar-refractivity contribution in [1.29, 1.82) is 0 Å². The quantitative estimate of drug-likeness (QED) is 0.294. The Morgan fingerprint density at radius 1 is 1.14 bits per heavy atom. The zero-order valence-electron chi connectivity index (χ0n) is 21.8. The van der Waals surface area contributed by atoms with Gasteiger partial charge in [-0.05, 0) is 43.1 Å². The summed E-state index contributed by atoms with van der Waals surface area (Å²) in [4.78, 5) is 33.8. The molecule has 2 aliphatic rings. The first kappa shape index (κ1) is 25.5. The highest BCUT2D eigenvalue weighted by atomic mass is 35.5. The van der Waals surface area contributed by atoms with Crippen molar-refractivity contribution >= 4 is 34.9 Å². The minimum Gasteiger partial charge on any atom is -0.466 e. The molecule has 4 atom stereocenters. The van der Waals surface area contributed by atoms with Crippen LogP contribution >= 0.6 is 11.6 Å². The summed E-state index contributed by atoms with van der Waals surface area (Å²) in [6, 6.07) is 13.9. The van der Waals surface area contributed by atoms with Crippen LogP contribution in [0.15, 0.2) is 42.5 Å². The summed E-state index contributed by atoms with van der Waals surface area (Å²) in [5.74, 6) is 1.98. The van der Waals surface area contributed by atoms with Crippen LogP contribution in [0.25, 0.3) is 5.65 Å². The van der Waals surface area contributed by atoms with Crippen molar-refractivity contribution < 1.29 is 14.3 Å². The third-order valence-corrected chi connectivity index (χ3v) is 7.76. The number of fused-ring (bicyclic) bond motifs is 2. The maximum Gasteiger partial charge on any atom is 0.306 e. The lowest BCUT2D eigenvalue weighted by atomic mass is 10.1. The molecule has 0 bridgehead atoms. The van der Waals surface area contributed by atoms with Gasteiger partial charge in [0.05, 0.1) is 12.6 Å². The molecule has 1 aliphatic carbocycles. The molecule has 1 aliphatic heterocycles. The zero-order valence-corrected chi connectivity index (χ0v) is 22.6. The number of halogens is 1. The molecule has 1 aromatic carbocycles. The van der Waals surface area contributed by atoms with Crippen LogP contribution in [0.4, 0.5) is 5.82 Å². The van der Waals surface area contributed by atoms with E-state index in [1.54, 1.807) is 10.6 Å². The Hall–Kier alpha value is -3.13. The Labute approximate surface area is 222 Å². The molecule has 0 spiro atoms. The standard InChI is InChI=1S/C28H34ClN5O3/c1-5-37-27(35)11-20-21-15-32(16-22(20)21)28(36)23-12-25-30-24(29)13-26(34(25)31-23)33(14-17(2)3)18(4)19-9-7-6-8-10-19/h6-10,12-13,17-18,20-22H,5,11,14-16H2,1-4H3/t18-,20?,21-,22+/m0/s1. The van der Waals surface area contributed by atoms with E-state index in [9.17, 15) is 9.59 Å². The topological polar surface area (TPSA) is 80.0 Å². The third-order valence-electron chi connectivity index (χ3n) is 7.57. The molecule has 0 N–H and O–H groups in total. The minimum absolute atomic E-state index is 0.0654. The van der Waals surface area contributed by atoms with Crippen molar-refractivity contribution in [2.75, 3.05) is 31.1 Å². The van der Waals surface area contributed by atoms with Crippen LogP contribution in [-0.2, 0) is 9.53 Å². The maximum absolute atomic E-state index is 13.4. The zero-order chi connectivity index (χ0) is 26.3. The molecule has 37 heavy (non-hydrogen) atoms. The van der Waals surface area contributed by atoms with E-state index in [2.05, 4.69) is 42.8 Å². The fraction of sp³-hybridized carbons (Fsp3) is 0.500. The van der Waals surface area contributed by atoms with E-state index in [4.69, 9.17) is 21.4 Å². The second kappa shape index (κ2) is 10.3. The molecule has 1 amide bonds. The van der Waals surface area contributed by atoms with Crippen molar-refractivity contribution in [2.24, 2.45) is 23.7 Å². The van der Waals surface area contributed by atoms with Crippen molar-refractivity contribution in [3.63, 3.8) is 0 Å². The van der Waals surface area contributed by atoms with Crippen molar-refractivity contribution in [2.45, 2.75) is 40.2 Å². The van der Waals surface area contributed by atoms with Gasteiger partial charge in [-0.25, -0.2) is 4.98 Å². The number of rotatable bonds is 9. The van der Waals surface area contributed by atoms with Crippen LogP contribution in [0, 0.1) is 23.7 Å². The Balaban J connectivity index is 1.39. The number of likely N-dealkylation sites (tertiary alicyclic amines) is 1. The molecule has 8 nitrogen and oxygen atoms in total. The summed E-state index contributed by atoms with van der Waals surface area (Å²) >= 11 is 6.46. The molecule has 3 aromatic rings. The van der Waals surface area contributed by atoms with Crippen LogP contribution in [0.2, 0.25) is 5.15 Å². The molecule has 1 saturated heterocycles. The van der Waals surface area contributed by atoms with Gasteiger partial charge in [0.15, 0.2) is 11.3 Å². The van der Waals surface area contributed by atoms with E-state index >= 15 is 0 Å². The first-order valence-corrected chi connectivity index (χ1v) is 13.5. The molecule has 1 unspecified atom stereocenters. The van der Waals surface area contributed by atoms with Crippen LogP contribution in [0.3, 0.4) is 0 Å². The summed E-state index contributed by atoms with van der Waals surface area (Å²) in [6.07, 6.45) is 0.441. The molecular formula is C28H34ClN5O3. The number of hydrogen-bond acceptors (Lipinski definition) is 6. The summed E-state index contributed by atoms with van der Waals surface area (Å²) in [6.45, 7) is 10.8. The summed E-state index contributed by atoms with van der Waals surface area (Å²) in [5, 5.41) is 5.08. The number of hydrogen-bond donors (Lipinski definition) is 0. The molecule has 5 rings (SSSR count). The van der Waals surface area contributed by atoms with Gasteiger partial charge in [0, 0.05) is 38.2 Å². The van der Waals surface area contributed by atoms with Gasteiger partial charge in [-0.15, -0.1) is 0 Å². The number of amides is 1. The normalized spacial score (nSPS) is 21.2. The van der Waals surface area contributed by atoms with E-state index in [0.29, 0.717) is 66.3 Å². The number of nitrogens with zero attached hydrogens (tertiary/aromatic N) is 5. The lowest BCUT2D eigenvalue weighted by molar-refractivity contribution is -0.143. The van der Waals surface area contributed by atoms with Gasteiger partial charge in [-0.1, -0.05) is 55.8 Å². The van der Waals surface area contributed by atoms with Crippen molar-refractivity contribution in [1.82, 2.24) is 19.5 Å². The van der Waals surface area contributed by atoms with Crippen LogP contribution in [0.1, 0.15) is 56.2 Å². The van der Waals surface area contributed by atoms with Crippen molar-refractivity contribution in [3.05, 3.63) is 58.9 Å². The number of piperidine rings is 1. The first-order chi connectivity index (χ1) is 17.8. The smallest absolute Gasteiger partial charge is 0.306 e. The average molecular weight is 524 g/mol. The highest BCUT2D eigenvalue weighted by Crippen LogP contribution is 2.53. The van der Waals surface area contributed by atoms with Gasteiger partial charge < -0.3 is 14.5 Å². The van der Waals surface area contributed by atoms with E-state index in [0.717, 1.165) is 12.4 Å². The summed E-state index contributed by atoms with van der Waals surface area (Å²) in [7, 11) is 0. The SMILES string of the molecule is CCOC(=O)CC1[C@H]2CN(C(=O)c3cc4nc(Cl)cc(N(CC(C)C)[C@@H](C)c5ccccc5)n4n3)C[C@@H]12. The number of ether oxygens (including phenoxy) is 1. The van der Waals surface area contributed by atoms with Crippen LogP contribution in [0.5, 0.6) is 0 Å². The Morgan fingerprint density at radius 3 is 2.49 bits per heavy atom. The highest BCUT2D eigenvalue weighted by Gasteiger charge is 2.57. The largest absolute Gasteiger partial charge is 0.466 e. The lowest BCUT2D eigenvalue weighted by Crippen LogP contribution is -2.33. The predicted molar refractivity (Wildman–Crippen MR) is 143 cm³/mol. The number of carbonyl (C=O) groups is 2. The monoisotopic (exact) mass is 523 g/mol. The Bertz CT molecular complexity index is 1280.